The van der Waals surface area contributed by atoms with Crippen LogP contribution < -0.4 is 10.1 Å². The molecule has 3 nitrogen and oxygen atoms in total. The fourth-order valence-corrected chi connectivity index (χ4v) is 2.51. The fraction of sp³-hybridized carbons (Fsp3) is 0.571. The Labute approximate surface area is 113 Å². The van der Waals surface area contributed by atoms with Gasteiger partial charge in [-0.3, -0.25) is 0 Å². The van der Waals surface area contributed by atoms with Crippen LogP contribution in [0.25, 0.3) is 0 Å². The van der Waals surface area contributed by atoms with Crippen LogP contribution in [0.1, 0.15) is 19.3 Å². The number of aliphatic hydroxyl groups is 1. The van der Waals surface area contributed by atoms with Gasteiger partial charge in [0.1, 0.15) is 5.75 Å². The van der Waals surface area contributed by atoms with Gasteiger partial charge in [-0.15, -0.1) is 0 Å². The van der Waals surface area contributed by atoms with Gasteiger partial charge in [0.2, 0.25) is 0 Å². The molecule has 0 bridgehead atoms. The number of ether oxygens (including phenoxy) is 1. The molecule has 2 N–H and O–H groups in total. The van der Waals surface area contributed by atoms with Gasteiger partial charge in [-0.25, -0.2) is 0 Å². The SMILES string of the molecule is OC(CCOc1ccccc1Cl)C1CCNCC1. The number of piperidine rings is 1. The number of para-hydroxylation sites is 1. The molecule has 1 unspecified atom stereocenters. The van der Waals surface area contributed by atoms with Crippen LogP contribution in [0.3, 0.4) is 0 Å². The van der Waals surface area contributed by atoms with E-state index in [2.05, 4.69) is 5.32 Å². The van der Waals surface area contributed by atoms with Crippen molar-refractivity contribution in [2.45, 2.75) is 25.4 Å². The van der Waals surface area contributed by atoms with E-state index in [0.717, 1.165) is 25.9 Å². The normalized spacial score (nSPS) is 18.6. The molecule has 18 heavy (non-hydrogen) atoms. The number of nitrogens with one attached hydrogen (secondary N) is 1. The molecule has 0 saturated carbocycles. The number of halogens is 1. The minimum absolute atomic E-state index is 0.269. The highest BCUT2D eigenvalue weighted by Crippen LogP contribution is 2.24. The highest BCUT2D eigenvalue weighted by atomic mass is 35.5. The molecule has 1 aromatic rings. The first-order valence-corrected chi connectivity index (χ1v) is 6.91. The highest BCUT2D eigenvalue weighted by Gasteiger charge is 2.21. The standard InChI is InChI=1S/C14H20ClNO2/c15-12-3-1-2-4-14(12)18-10-7-13(17)11-5-8-16-9-6-11/h1-4,11,13,16-17H,5-10H2. The lowest BCUT2D eigenvalue weighted by Crippen LogP contribution is -2.34. The van der Waals surface area contributed by atoms with Crippen LogP contribution in [-0.2, 0) is 0 Å². The topological polar surface area (TPSA) is 41.5 Å². The largest absolute Gasteiger partial charge is 0.492 e. The first-order chi connectivity index (χ1) is 8.77. The summed E-state index contributed by atoms with van der Waals surface area (Å²) in [7, 11) is 0. The van der Waals surface area contributed by atoms with Crippen molar-refractivity contribution in [1.82, 2.24) is 5.32 Å². The van der Waals surface area contributed by atoms with E-state index in [-0.39, 0.29) is 6.10 Å². The van der Waals surface area contributed by atoms with Crippen molar-refractivity contribution in [3.8, 4) is 5.75 Å². The van der Waals surface area contributed by atoms with Crippen LogP contribution in [0, 0.1) is 5.92 Å². The Bertz CT molecular complexity index is 367. The molecular formula is C14H20ClNO2. The third kappa shape index (κ3) is 3.87. The van der Waals surface area contributed by atoms with E-state index in [0.29, 0.717) is 29.7 Å². The highest BCUT2D eigenvalue weighted by molar-refractivity contribution is 6.32. The van der Waals surface area contributed by atoms with Crippen molar-refractivity contribution in [2.24, 2.45) is 5.92 Å². The molecule has 4 heteroatoms. The molecule has 1 aliphatic rings. The molecule has 0 aliphatic carbocycles. The smallest absolute Gasteiger partial charge is 0.137 e. The molecule has 1 aromatic carbocycles. The van der Waals surface area contributed by atoms with E-state index in [1.165, 1.54) is 0 Å². The molecule has 0 amide bonds. The summed E-state index contributed by atoms with van der Waals surface area (Å²) in [4.78, 5) is 0. The quantitative estimate of drug-likeness (QED) is 0.863. The summed E-state index contributed by atoms with van der Waals surface area (Å²) < 4.78 is 5.59. The summed E-state index contributed by atoms with van der Waals surface area (Å²) in [5, 5.41) is 14.0. The summed E-state index contributed by atoms with van der Waals surface area (Å²) in [5.74, 6) is 1.10. The van der Waals surface area contributed by atoms with Gasteiger partial charge in [0.25, 0.3) is 0 Å². The lowest BCUT2D eigenvalue weighted by atomic mass is 9.91. The van der Waals surface area contributed by atoms with E-state index in [9.17, 15) is 5.11 Å². The molecule has 1 heterocycles. The monoisotopic (exact) mass is 269 g/mol. The minimum atomic E-state index is -0.269. The van der Waals surface area contributed by atoms with Gasteiger partial charge >= 0.3 is 0 Å². The van der Waals surface area contributed by atoms with Gasteiger partial charge < -0.3 is 15.2 Å². The van der Waals surface area contributed by atoms with Crippen molar-refractivity contribution in [2.75, 3.05) is 19.7 Å². The number of rotatable bonds is 5. The lowest BCUT2D eigenvalue weighted by molar-refractivity contribution is 0.0674. The van der Waals surface area contributed by atoms with E-state index in [4.69, 9.17) is 16.3 Å². The summed E-state index contributed by atoms with van der Waals surface area (Å²) in [6.07, 6.45) is 2.49. The van der Waals surface area contributed by atoms with Gasteiger partial charge in [0.05, 0.1) is 17.7 Å². The Morgan fingerprint density at radius 2 is 2.06 bits per heavy atom. The Balaban J connectivity index is 1.73. The Hall–Kier alpha value is -0.770. The summed E-state index contributed by atoms with van der Waals surface area (Å²) in [5.41, 5.74) is 0. The molecule has 2 rings (SSSR count). The third-order valence-corrected chi connectivity index (χ3v) is 3.75. The van der Waals surface area contributed by atoms with Crippen molar-refractivity contribution in [3.63, 3.8) is 0 Å². The maximum absolute atomic E-state index is 10.1. The number of aliphatic hydroxyl groups excluding tert-OH is 1. The molecule has 0 spiro atoms. The maximum atomic E-state index is 10.1. The van der Waals surface area contributed by atoms with E-state index in [1.54, 1.807) is 6.07 Å². The van der Waals surface area contributed by atoms with Gasteiger partial charge in [-0.2, -0.15) is 0 Å². The van der Waals surface area contributed by atoms with Crippen molar-refractivity contribution in [1.29, 1.82) is 0 Å². The van der Waals surface area contributed by atoms with Crippen molar-refractivity contribution in [3.05, 3.63) is 29.3 Å². The van der Waals surface area contributed by atoms with Crippen LogP contribution in [-0.4, -0.2) is 30.9 Å². The number of hydrogen-bond acceptors (Lipinski definition) is 3. The zero-order valence-electron chi connectivity index (χ0n) is 10.4. The second-order valence-electron chi connectivity index (χ2n) is 4.72. The van der Waals surface area contributed by atoms with Gasteiger partial charge in [-0.1, -0.05) is 23.7 Å². The molecule has 0 aromatic heterocycles. The predicted octanol–water partition coefficient (Wildman–Crippen LogP) is 2.47. The van der Waals surface area contributed by atoms with Crippen LogP contribution >= 0.6 is 11.6 Å². The predicted molar refractivity (Wildman–Crippen MR) is 73.2 cm³/mol. The summed E-state index contributed by atoms with van der Waals surface area (Å²) in [6.45, 7) is 2.52. The van der Waals surface area contributed by atoms with E-state index in [1.807, 2.05) is 18.2 Å². The van der Waals surface area contributed by atoms with Crippen LogP contribution in [0.5, 0.6) is 5.75 Å². The summed E-state index contributed by atoms with van der Waals surface area (Å²) in [6, 6.07) is 7.42. The zero-order chi connectivity index (χ0) is 12.8. The molecule has 1 atom stereocenters. The molecule has 1 saturated heterocycles. The second kappa shape index (κ2) is 6.98. The minimum Gasteiger partial charge on any atom is -0.492 e. The summed E-state index contributed by atoms with van der Waals surface area (Å²) >= 11 is 5.99. The molecule has 100 valence electrons. The first-order valence-electron chi connectivity index (χ1n) is 6.53. The molecule has 1 aliphatic heterocycles. The van der Waals surface area contributed by atoms with Crippen molar-refractivity contribution < 1.29 is 9.84 Å². The lowest BCUT2D eigenvalue weighted by Gasteiger charge is -2.27. The van der Waals surface area contributed by atoms with Gasteiger partial charge in [0.15, 0.2) is 0 Å². The van der Waals surface area contributed by atoms with E-state index < -0.39 is 0 Å². The maximum Gasteiger partial charge on any atom is 0.137 e. The number of hydrogen-bond donors (Lipinski definition) is 2. The Morgan fingerprint density at radius 1 is 1.33 bits per heavy atom. The average Bonchev–Trinajstić information content (AvgIpc) is 2.42. The van der Waals surface area contributed by atoms with E-state index >= 15 is 0 Å². The number of benzene rings is 1. The molecule has 0 radical (unpaired) electrons. The first kappa shape index (κ1) is 13.7. The Morgan fingerprint density at radius 3 is 2.78 bits per heavy atom. The fourth-order valence-electron chi connectivity index (χ4n) is 2.32. The van der Waals surface area contributed by atoms with Crippen LogP contribution in [0.15, 0.2) is 24.3 Å². The van der Waals surface area contributed by atoms with Gasteiger partial charge in [0, 0.05) is 6.42 Å². The van der Waals surface area contributed by atoms with Crippen LogP contribution in [0.4, 0.5) is 0 Å². The van der Waals surface area contributed by atoms with Crippen molar-refractivity contribution >= 4 is 11.6 Å². The van der Waals surface area contributed by atoms with Crippen LogP contribution in [0.2, 0.25) is 5.02 Å². The Kier molecular flexibility index (Phi) is 5.29. The second-order valence-corrected chi connectivity index (χ2v) is 5.13. The average molecular weight is 270 g/mol. The van der Waals surface area contributed by atoms with Gasteiger partial charge in [-0.05, 0) is 44.0 Å². The zero-order valence-corrected chi connectivity index (χ0v) is 11.2. The third-order valence-electron chi connectivity index (χ3n) is 3.44. The molecule has 1 fully saturated rings. The molecular weight excluding hydrogens is 250 g/mol.